The average molecular weight is 388 g/mol. The Hall–Kier alpha value is -3.00. The van der Waals surface area contributed by atoms with E-state index in [4.69, 9.17) is 0 Å². The molecule has 2 aromatic carbocycles. The highest BCUT2D eigenvalue weighted by atomic mass is 16.3. The van der Waals surface area contributed by atoms with Gasteiger partial charge in [0, 0.05) is 23.8 Å². The molecule has 0 radical (unpaired) electrons. The van der Waals surface area contributed by atoms with E-state index in [1.54, 1.807) is 6.08 Å². The second-order valence-electron chi connectivity index (χ2n) is 7.69. The topological polar surface area (TPSA) is 23.5 Å². The van der Waals surface area contributed by atoms with Crippen LogP contribution >= 0.6 is 0 Å². The molecule has 29 heavy (non-hydrogen) atoms. The monoisotopic (exact) mass is 387 g/mol. The first-order chi connectivity index (χ1) is 14.0. The summed E-state index contributed by atoms with van der Waals surface area (Å²) < 4.78 is 0. The van der Waals surface area contributed by atoms with Crippen molar-refractivity contribution in [2.24, 2.45) is 0 Å². The molecule has 0 amide bonds. The van der Waals surface area contributed by atoms with Crippen LogP contribution in [0, 0.1) is 0 Å². The van der Waals surface area contributed by atoms with Crippen LogP contribution in [0.15, 0.2) is 104 Å². The fourth-order valence-corrected chi connectivity index (χ4v) is 3.89. The number of aliphatic hydroxyl groups is 1. The molecule has 2 aromatic rings. The summed E-state index contributed by atoms with van der Waals surface area (Å²) in [5.41, 5.74) is 4.77. The van der Waals surface area contributed by atoms with Gasteiger partial charge in [-0.3, -0.25) is 0 Å². The predicted molar refractivity (Wildman–Crippen MR) is 127 cm³/mol. The fourth-order valence-electron chi connectivity index (χ4n) is 3.89. The molecule has 3 rings (SSSR count). The van der Waals surface area contributed by atoms with Crippen molar-refractivity contribution in [1.82, 2.24) is 0 Å². The van der Waals surface area contributed by atoms with Crippen LogP contribution in [0.25, 0.3) is 0 Å². The minimum atomic E-state index is -0.202. The maximum Gasteiger partial charge on any atom is 0.115 e. The number of nitrogens with zero attached hydrogens (tertiary/aromatic N) is 1. The van der Waals surface area contributed by atoms with E-state index >= 15 is 0 Å². The first-order valence-corrected chi connectivity index (χ1v) is 10.1. The number of hydrogen-bond donors (Lipinski definition) is 1. The van der Waals surface area contributed by atoms with E-state index < -0.39 is 0 Å². The zero-order chi connectivity index (χ0) is 21.4. The average Bonchev–Trinajstić information content (AvgIpc) is 3.07. The SMILES string of the molecule is C/C=C\C(O)=C/C1=CN(c2ccccc2)CC1(C)c1ccccc1C(C)C.C=C. The van der Waals surface area contributed by atoms with Gasteiger partial charge < -0.3 is 10.0 Å². The third kappa shape index (κ3) is 4.89. The summed E-state index contributed by atoms with van der Waals surface area (Å²) in [5, 5.41) is 10.3. The summed E-state index contributed by atoms with van der Waals surface area (Å²) >= 11 is 0. The molecular weight excluding hydrogens is 354 g/mol. The quantitative estimate of drug-likeness (QED) is 0.331. The molecule has 1 atom stereocenters. The van der Waals surface area contributed by atoms with Gasteiger partial charge in [-0.25, -0.2) is 0 Å². The molecule has 0 aliphatic carbocycles. The highest BCUT2D eigenvalue weighted by Gasteiger charge is 2.39. The van der Waals surface area contributed by atoms with E-state index in [1.165, 1.54) is 16.8 Å². The number of anilines is 1. The van der Waals surface area contributed by atoms with Crippen molar-refractivity contribution in [2.45, 2.75) is 39.0 Å². The number of hydrogen-bond acceptors (Lipinski definition) is 2. The molecule has 1 heterocycles. The lowest BCUT2D eigenvalue weighted by Gasteiger charge is -2.32. The highest BCUT2D eigenvalue weighted by Crippen LogP contribution is 2.43. The molecule has 152 valence electrons. The number of allylic oxidation sites excluding steroid dienone is 3. The Morgan fingerprint density at radius 1 is 1.07 bits per heavy atom. The molecule has 2 nitrogen and oxygen atoms in total. The maximum absolute atomic E-state index is 10.3. The Labute approximate surface area is 176 Å². The molecule has 1 aliphatic rings. The Morgan fingerprint density at radius 3 is 2.31 bits per heavy atom. The Bertz CT molecular complexity index is 892. The van der Waals surface area contributed by atoms with Crippen LogP contribution in [0.2, 0.25) is 0 Å². The van der Waals surface area contributed by atoms with Crippen molar-refractivity contribution < 1.29 is 5.11 Å². The van der Waals surface area contributed by atoms with Crippen LogP contribution in [0.4, 0.5) is 5.69 Å². The number of para-hydroxylation sites is 1. The number of benzene rings is 2. The van der Waals surface area contributed by atoms with Gasteiger partial charge in [-0.15, -0.1) is 13.2 Å². The minimum Gasteiger partial charge on any atom is -0.508 e. The standard InChI is InChI=1S/C25H29NO.C2H4/c1-5-11-22(27)16-20-17-26(21-12-7-6-8-13-21)18-25(20,4)24-15-10-9-14-23(24)19(2)3;1-2/h5-17,19,27H,18H2,1-4H3;1-2H2/b11-5-,22-16+;. The molecule has 2 heteroatoms. The molecule has 1 aliphatic heterocycles. The van der Waals surface area contributed by atoms with Crippen LogP contribution in [0.3, 0.4) is 0 Å². The molecule has 0 saturated heterocycles. The maximum atomic E-state index is 10.3. The summed E-state index contributed by atoms with van der Waals surface area (Å²) in [6, 6.07) is 19.1. The Morgan fingerprint density at radius 2 is 1.69 bits per heavy atom. The van der Waals surface area contributed by atoms with Crippen LogP contribution in [-0.2, 0) is 5.41 Å². The van der Waals surface area contributed by atoms with Gasteiger partial charge in [-0.05, 0) is 60.8 Å². The molecule has 0 saturated carbocycles. The lowest BCUT2D eigenvalue weighted by molar-refractivity contribution is 0.430. The van der Waals surface area contributed by atoms with Crippen molar-refractivity contribution in [2.75, 3.05) is 11.4 Å². The van der Waals surface area contributed by atoms with Gasteiger partial charge in [0.2, 0.25) is 0 Å². The molecule has 0 bridgehead atoms. The molecule has 1 N–H and O–H groups in total. The van der Waals surface area contributed by atoms with E-state index in [2.05, 4.69) is 93.6 Å². The normalized spacial score (nSPS) is 19.3. The highest BCUT2D eigenvalue weighted by molar-refractivity contribution is 5.60. The van der Waals surface area contributed by atoms with Crippen molar-refractivity contribution in [3.63, 3.8) is 0 Å². The van der Waals surface area contributed by atoms with Crippen LogP contribution in [0.1, 0.15) is 44.7 Å². The number of rotatable bonds is 5. The Kier molecular flexibility index (Phi) is 7.67. The molecule has 1 unspecified atom stereocenters. The first-order valence-electron chi connectivity index (χ1n) is 10.1. The summed E-state index contributed by atoms with van der Waals surface area (Å²) in [6.07, 6.45) is 7.67. The van der Waals surface area contributed by atoms with Gasteiger partial charge >= 0.3 is 0 Å². The summed E-state index contributed by atoms with van der Waals surface area (Å²) in [7, 11) is 0. The van der Waals surface area contributed by atoms with E-state index in [-0.39, 0.29) is 11.2 Å². The number of aliphatic hydroxyl groups excluding tert-OH is 1. The Balaban J connectivity index is 0.00000145. The lowest BCUT2D eigenvalue weighted by atomic mass is 9.73. The fraction of sp³-hybridized carbons (Fsp3) is 0.259. The van der Waals surface area contributed by atoms with Crippen LogP contribution < -0.4 is 4.90 Å². The minimum absolute atomic E-state index is 0.202. The van der Waals surface area contributed by atoms with Crippen LogP contribution in [0.5, 0.6) is 0 Å². The molecular formula is C27H33NO. The second-order valence-corrected chi connectivity index (χ2v) is 7.69. The predicted octanol–water partition coefficient (Wildman–Crippen LogP) is 7.29. The van der Waals surface area contributed by atoms with Crippen LogP contribution in [-0.4, -0.2) is 11.7 Å². The molecule has 0 aromatic heterocycles. The van der Waals surface area contributed by atoms with E-state index in [0.29, 0.717) is 5.92 Å². The third-order valence-electron chi connectivity index (χ3n) is 5.32. The molecule has 0 fully saturated rings. The van der Waals surface area contributed by atoms with Gasteiger partial charge in [-0.1, -0.05) is 62.4 Å². The zero-order valence-electron chi connectivity index (χ0n) is 18.1. The van der Waals surface area contributed by atoms with E-state index in [1.807, 2.05) is 25.1 Å². The zero-order valence-corrected chi connectivity index (χ0v) is 18.1. The lowest BCUT2D eigenvalue weighted by Crippen LogP contribution is -2.32. The summed E-state index contributed by atoms with van der Waals surface area (Å²) in [5.74, 6) is 0.727. The van der Waals surface area contributed by atoms with Crippen molar-refractivity contribution >= 4 is 5.69 Å². The smallest absolute Gasteiger partial charge is 0.115 e. The van der Waals surface area contributed by atoms with E-state index in [0.717, 1.165) is 12.1 Å². The van der Waals surface area contributed by atoms with Gasteiger partial charge in [0.1, 0.15) is 5.76 Å². The second kappa shape index (κ2) is 9.97. The largest absolute Gasteiger partial charge is 0.508 e. The third-order valence-corrected chi connectivity index (χ3v) is 5.32. The van der Waals surface area contributed by atoms with Crippen molar-refractivity contribution in [1.29, 1.82) is 0 Å². The van der Waals surface area contributed by atoms with E-state index in [9.17, 15) is 5.11 Å². The van der Waals surface area contributed by atoms with Gasteiger partial charge in [-0.2, -0.15) is 0 Å². The van der Waals surface area contributed by atoms with Gasteiger partial charge in [0.15, 0.2) is 0 Å². The van der Waals surface area contributed by atoms with Crippen molar-refractivity contribution in [3.8, 4) is 0 Å². The molecule has 0 spiro atoms. The van der Waals surface area contributed by atoms with Crippen molar-refractivity contribution in [3.05, 3.63) is 115 Å². The van der Waals surface area contributed by atoms with Gasteiger partial charge in [0.25, 0.3) is 0 Å². The first kappa shape index (κ1) is 22.3. The van der Waals surface area contributed by atoms with Gasteiger partial charge in [0.05, 0.1) is 0 Å². The summed E-state index contributed by atoms with van der Waals surface area (Å²) in [4.78, 5) is 2.28. The summed E-state index contributed by atoms with van der Waals surface area (Å²) in [6.45, 7) is 15.5.